The smallest absolute Gasteiger partial charge is 0.257 e. The first-order valence-corrected chi connectivity index (χ1v) is 12.5. The summed E-state index contributed by atoms with van der Waals surface area (Å²) in [6.45, 7) is 2.88. The summed E-state index contributed by atoms with van der Waals surface area (Å²) in [5.74, 6) is 0.355. The largest absolute Gasteiger partial charge is 0.497 e. The highest BCUT2D eigenvalue weighted by Gasteiger charge is 2.36. The summed E-state index contributed by atoms with van der Waals surface area (Å²) in [5, 5.41) is 4.13. The number of halogens is 1. The third kappa shape index (κ3) is 4.60. The molecular weight excluding hydrogens is 472 g/mol. The first kappa shape index (κ1) is 22.7. The third-order valence-corrected chi connectivity index (χ3v) is 7.63. The van der Waals surface area contributed by atoms with Crippen molar-refractivity contribution in [2.75, 3.05) is 43.5 Å². The number of piperazine rings is 1. The number of aromatic nitrogens is 1. The zero-order valence-electron chi connectivity index (χ0n) is 18.8. The maximum absolute atomic E-state index is 13.3. The first-order valence-electron chi connectivity index (χ1n) is 11.3. The van der Waals surface area contributed by atoms with E-state index in [0.29, 0.717) is 34.6 Å². The van der Waals surface area contributed by atoms with Crippen molar-refractivity contribution in [3.8, 4) is 5.75 Å². The average Bonchev–Trinajstić information content (AvgIpc) is 3.44. The maximum atomic E-state index is 13.3. The van der Waals surface area contributed by atoms with Gasteiger partial charge in [-0.3, -0.25) is 14.9 Å². The Hall–Kier alpha value is -3.10. The van der Waals surface area contributed by atoms with E-state index in [1.54, 1.807) is 31.4 Å². The maximum Gasteiger partial charge on any atom is 0.257 e. The van der Waals surface area contributed by atoms with E-state index < -0.39 is 0 Å². The molecule has 1 saturated heterocycles. The summed E-state index contributed by atoms with van der Waals surface area (Å²) in [6, 6.07) is 14.7. The third-order valence-electron chi connectivity index (χ3n) is 6.35. The number of ether oxygens (including phenoxy) is 1. The SMILES string of the molecule is COc1ccc(C(=O)Nc2nc3c(s2)CCC3C(=O)N2CCN(c3cccc(Cl)c3)CC2)cc1. The lowest BCUT2D eigenvalue weighted by Gasteiger charge is -2.37. The van der Waals surface area contributed by atoms with Gasteiger partial charge in [0.15, 0.2) is 5.13 Å². The standard InChI is InChI=1S/C25H25ClN4O3S/c1-33-19-7-5-16(6-8-19)23(31)28-25-27-22-20(9-10-21(22)34-25)24(32)30-13-11-29(12-14-30)18-4-2-3-17(26)15-18/h2-8,15,20H,9-14H2,1H3,(H,27,28,31). The number of amides is 2. The van der Waals surface area contributed by atoms with Gasteiger partial charge in [-0.05, 0) is 55.3 Å². The van der Waals surface area contributed by atoms with Crippen molar-refractivity contribution in [2.45, 2.75) is 18.8 Å². The molecule has 2 aliphatic rings. The normalized spacial score (nSPS) is 17.4. The van der Waals surface area contributed by atoms with Crippen LogP contribution >= 0.6 is 22.9 Å². The van der Waals surface area contributed by atoms with Crippen molar-refractivity contribution in [1.82, 2.24) is 9.88 Å². The van der Waals surface area contributed by atoms with Crippen molar-refractivity contribution in [3.05, 3.63) is 69.7 Å². The van der Waals surface area contributed by atoms with Gasteiger partial charge in [-0.25, -0.2) is 4.98 Å². The summed E-state index contributed by atoms with van der Waals surface area (Å²) < 4.78 is 5.14. The molecular formula is C25H25ClN4O3S. The van der Waals surface area contributed by atoms with Gasteiger partial charge in [-0.1, -0.05) is 17.7 Å². The van der Waals surface area contributed by atoms with Crippen LogP contribution in [0.1, 0.15) is 33.3 Å². The van der Waals surface area contributed by atoms with Crippen LogP contribution in [0.3, 0.4) is 0 Å². The number of thiazole rings is 1. The van der Waals surface area contributed by atoms with Gasteiger partial charge >= 0.3 is 0 Å². The molecule has 7 nitrogen and oxygen atoms in total. The number of fused-ring (bicyclic) bond motifs is 1. The Balaban J connectivity index is 1.21. The van der Waals surface area contributed by atoms with Crippen molar-refractivity contribution in [3.63, 3.8) is 0 Å². The Morgan fingerprint density at radius 2 is 1.88 bits per heavy atom. The van der Waals surface area contributed by atoms with Crippen molar-refractivity contribution in [2.24, 2.45) is 0 Å². The zero-order chi connectivity index (χ0) is 23.7. The number of nitrogens with one attached hydrogen (secondary N) is 1. The molecule has 1 unspecified atom stereocenters. The Morgan fingerprint density at radius 1 is 1.12 bits per heavy atom. The molecule has 3 aromatic rings. The van der Waals surface area contributed by atoms with Gasteiger partial charge in [-0.2, -0.15) is 0 Å². The first-order chi connectivity index (χ1) is 16.5. The minimum absolute atomic E-state index is 0.128. The molecule has 9 heteroatoms. The number of benzene rings is 2. The highest BCUT2D eigenvalue weighted by molar-refractivity contribution is 7.16. The fourth-order valence-electron chi connectivity index (χ4n) is 4.51. The number of carbonyl (C=O) groups excluding carboxylic acids is 2. The molecule has 1 atom stereocenters. The number of anilines is 2. The number of nitrogens with zero attached hydrogens (tertiary/aromatic N) is 3. The predicted octanol–water partition coefficient (Wildman–Crippen LogP) is 4.44. The highest BCUT2D eigenvalue weighted by atomic mass is 35.5. The van der Waals surface area contributed by atoms with Gasteiger partial charge in [0.05, 0.1) is 18.7 Å². The van der Waals surface area contributed by atoms with Crippen LogP contribution in [0.15, 0.2) is 48.5 Å². The number of hydrogen-bond acceptors (Lipinski definition) is 6. The van der Waals surface area contributed by atoms with E-state index in [1.807, 2.05) is 29.2 Å². The average molecular weight is 497 g/mol. The Kier molecular flexibility index (Phi) is 6.43. The molecule has 1 aliphatic heterocycles. The molecule has 34 heavy (non-hydrogen) atoms. The van der Waals surface area contributed by atoms with Gasteiger partial charge in [0, 0.05) is 47.3 Å². The summed E-state index contributed by atoms with van der Waals surface area (Å²) in [5.41, 5.74) is 2.43. The molecule has 176 valence electrons. The van der Waals surface area contributed by atoms with E-state index >= 15 is 0 Å². The van der Waals surface area contributed by atoms with E-state index in [0.717, 1.165) is 42.2 Å². The second-order valence-electron chi connectivity index (χ2n) is 8.39. The lowest BCUT2D eigenvalue weighted by Crippen LogP contribution is -2.50. The number of aryl methyl sites for hydroxylation is 1. The highest BCUT2D eigenvalue weighted by Crippen LogP contribution is 2.39. The van der Waals surface area contributed by atoms with Crippen LogP contribution in [0.5, 0.6) is 5.75 Å². The minimum atomic E-state index is -0.240. The van der Waals surface area contributed by atoms with Gasteiger partial charge in [-0.15, -0.1) is 11.3 Å². The Bertz CT molecular complexity index is 1210. The van der Waals surface area contributed by atoms with E-state index in [9.17, 15) is 9.59 Å². The van der Waals surface area contributed by atoms with Crippen molar-refractivity contribution in [1.29, 1.82) is 0 Å². The fourth-order valence-corrected chi connectivity index (χ4v) is 5.73. The molecule has 2 amide bonds. The summed E-state index contributed by atoms with van der Waals surface area (Å²) in [6.07, 6.45) is 1.58. The molecule has 0 spiro atoms. The molecule has 1 N–H and O–H groups in total. The minimum Gasteiger partial charge on any atom is -0.497 e. The fraction of sp³-hybridized carbons (Fsp3) is 0.320. The Morgan fingerprint density at radius 3 is 2.59 bits per heavy atom. The van der Waals surface area contributed by atoms with Crippen LogP contribution in [0.2, 0.25) is 5.02 Å². The molecule has 5 rings (SSSR count). The predicted molar refractivity (Wildman–Crippen MR) is 134 cm³/mol. The molecule has 1 aliphatic carbocycles. The molecule has 2 aromatic carbocycles. The summed E-state index contributed by atoms with van der Waals surface area (Å²) in [4.78, 5) is 35.9. The van der Waals surface area contributed by atoms with Gasteiger partial charge in [0.25, 0.3) is 5.91 Å². The van der Waals surface area contributed by atoms with Crippen LogP contribution in [0, 0.1) is 0 Å². The second kappa shape index (κ2) is 9.64. The van der Waals surface area contributed by atoms with Gasteiger partial charge < -0.3 is 14.5 Å². The summed E-state index contributed by atoms with van der Waals surface area (Å²) in [7, 11) is 1.59. The van der Waals surface area contributed by atoms with Crippen LogP contribution in [0.4, 0.5) is 10.8 Å². The van der Waals surface area contributed by atoms with Crippen LogP contribution < -0.4 is 15.0 Å². The molecule has 1 fully saturated rings. The van der Waals surface area contributed by atoms with Crippen LogP contribution in [-0.2, 0) is 11.2 Å². The number of rotatable bonds is 5. The zero-order valence-corrected chi connectivity index (χ0v) is 20.4. The number of hydrogen-bond donors (Lipinski definition) is 1. The number of methoxy groups -OCH3 is 1. The van der Waals surface area contributed by atoms with Gasteiger partial charge in [0.1, 0.15) is 5.75 Å². The van der Waals surface area contributed by atoms with Crippen LogP contribution in [-0.4, -0.2) is 55.0 Å². The molecule has 2 heterocycles. The summed E-state index contributed by atoms with van der Waals surface area (Å²) >= 11 is 7.59. The second-order valence-corrected chi connectivity index (χ2v) is 9.91. The van der Waals surface area contributed by atoms with E-state index in [2.05, 4.69) is 15.2 Å². The van der Waals surface area contributed by atoms with Gasteiger partial charge in [0.2, 0.25) is 5.91 Å². The van der Waals surface area contributed by atoms with Crippen molar-refractivity contribution >= 4 is 45.6 Å². The van der Waals surface area contributed by atoms with E-state index in [-0.39, 0.29) is 17.7 Å². The molecule has 0 radical (unpaired) electrons. The van der Waals surface area contributed by atoms with E-state index in [1.165, 1.54) is 11.3 Å². The van der Waals surface area contributed by atoms with E-state index in [4.69, 9.17) is 16.3 Å². The lowest BCUT2D eigenvalue weighted by atomic mass is 10.1. The monoisotopic (exact) mass is 496 g/mol. The van der Waals surface area contributed by atoms with Crippen molar-refractivity contribution < 1.29 is 14.3 Å². The Labute approximate surface area is 207 Å². The molecule has 0 bridgehead atoms. The quantitative estimate of drug-likeness (QED) is 0.565. The molecule has 1 aromatic heterocycles. The molecule has 0 saturated carbocycles. The number of carbonyl (C=O) groups is 2. The topological polar surface area (TPSA) is 74.8 Å². The van der Waals surface area contributed by atoms with Crippen LogP contribution in [0.25, 0.3) is 0 Å². The lowest BCUT2D eigenvalue weighted by molar-refractivity contribution is -0.133.